The van der Waals surface area contributed by atoms with Crippen molar-refractivity contribution in [1.29, 1.82) is 0 Å². The van der Waals surface area contributed by atoms with Crippen LogP contribution in [0.3, 0.4) is 0 Å². The summed E-state index contributed by atoms with van der Waals surface area (Å²) in [7, 11) is 0. The van der Waals surface area contributed by atoms with Gasteiger partial charge in [0.25, 0.3) is 0 Å². The van der Waals surface area contributed by atoms with Crippen LogP contribution >= 0.6 is 0 Å². The van der Waals surface area contributed by atoms with Crippen LogP contribution in [0.25, 0.3) is 10.9 Å². The zero-order valence-electron chi connectivity index (χ0n) is 9.71. The first-order valence-electron chi connectivity index (χ1n) is 5.70. The van der Waals surface area contributed by atoms with Gasteiger partial charge < -0.3 is 10.5 Å². The Morgan fingerprint density at radius 3 is 2.50 bits per heavy atom. The van der Waals surface area contributed by atoms with Crippen molar-refractivity contribution in [2.45, 2.75) is 0 Å². The molecule has 0 saturated carbocycles. The van der Waals surface area contributed by atoms with Crippen LogP contribution in [0.2, 0.25) is 0 Å². The largest absolute Gasteiger partial charge is 0.457 e. The second-order valence-electron chi connectivity index (χ2n) is 4.01. The van der Waals surface area contributed by atoms with Crippen LogP contribution in [-0.4, -0.2) is 4.98 Å². The van der Waals surface area contributed by atoms with Crippen LogP contribution < -0.4 is 10.5 Å². The number of para-hydroxylation sites is 1. The van der Waals surface area contributed by atoms with Crippen molar-refractivity contribution >= 4 is 16.7 Å². The standard InChI is InChI=1S/C15H12N2O/c16-15-9-6-11-10-13(7-8-14(11)17-15)18-12-4-2-1-3-5-12/h1-10H,(H2,16,17). The molecule has 0 radical (unpaired) electrons. The predicted molar refractivity (Wildman–Crippen MR) is 72.7 cm³/mol. The van der Waals surface area contributed by atoms with Crippen molar-refractivity contribution in [2.24, 2.45) is 0 Å². The summed E-state index contributed by atoms with van der Waals surface area (Å²) in [5.41, 5.74) is 6.51. The van der Waals surface area contributed by atoms with E-state index >= 15 is 0 Å². The Balaban J connectivity index is 1.96. The number of fused-ring (bicyclic) bond motifs is 1. The van der Waals surface area contributed by atoms with Gasteiger partial charge in [0, 0.05) is 5.39 Å². The monoisotopic (exact) mass is 236 g/mol. The van der Waals surface area contributed by atoms with Crippen molar-refractivity contribution in [1.82, 2.24) is 4.98 Å². The minimum Gasteiger partial charge on any atom is -0.457 e. The molecule has 0 amide bonds. The zero-order chi connectivity index (χ0) is 12.4. The number of pyridine rings is 1. The first-order valence-corrected chi connectivity index (χ1v) is 5.70. The van der Waals surface area contributed by atoms with Gasteiger partial charge in [-0.15, -0.1) is 0 Å². The molecule has 3 heteroatoms. The lowest BCUT2D eigenvalue weighted by atomic mass is 10.2. The van der Waals surface area contributed by atoms with Crippen molar-refractivity contribution in [3.8, 4) is 11.5 Å². The molecule has 0 aliphatic rings. The zero-order valence-corrected chi connectivity index (χ0v) is 9.71. The number of benzene rings is 2. The SMILES string of the molecule is Nc1ccc2cc(Oc3ccccc3)ccc2n1. The number of nitrogens with two attached hydrogens (primary N) is 1. The first-order chi connectivity index (χ1) is 8.81. The molecule has 88 valence electrons. The van der Waals surface area contributed by atoms with E-state index in [-0.39, 0.29) is 0 Å². The molecule has 1 aromatic heterocycles. The van der Waals surface area contributed by atoms with Crippen LogP contribution in [0.4, 0.5) is 5.82 Å². The van der Waals surface area contributed by atoms with E-state index in [0.717, 1.165) is 22.4 Å². The number of hydrogen-bond acceptors (Lipinski definition) is 3. The van der Waals surface area contributed by atoms with Gasteiger partial charge >= 0.3 is 0 Å². The van der Waals surface area contributed by atoms with Gasteiger partial charge in [-0.3, -0.25) is 0 Å². The summed E-state index contributed by atoms with van der Waals surface area (Å²) in [4.78, 5) is 4.25. The molecule has 18 heavy (non-hydrogen) atoms. The van der Waals surface area contributed by atoms with Crippen molar-refractivity contribution in [3.05, 3.63) is 60.7 Å². The summed E-state index contributed by atoms with van der Waals surface area (Å²) >= 11 is 0. The highest BCUT2D eigenvalue weighted by Crippen LogP contribution is 2.25. The van der Waals surface area contributed by atoms with Gasteiger partial charge in [0.1, 0.15) is 17.3 Å². The number of anilines is 1. The normalized spacial score (nSPS) is 10.4. The topological polar surface area (TPSA) is 48.1 Å². The van der Waals surface area contributed by atoms with E-state index in [1.807, 2.05) is 54.6 Å². The third kappa shape index (κ3) is 2.11. The second-order valence-corrected chi connectivity index (χ2v) is 4.01. The smallest absolute Gasteiger partial charge is 0.128 e. The van der Waals surface area contributed by atoms with E-state index in [1.165, 1.54) is 0 Å². The predicted octanol–water partition coefficient (Wildman–Crippen LogP) is 3.61. The Bertz CT molecular complexity index is 680. The molecule has 0 unspecified atom stereocenters. The van der Waals surface area contributed by atoms with Gasteiger partial charge in [-0.25, -0.2) is 4.98 Å². The van der Waals surface area contributed by atoms with Crippen molar-refractivity contribution in [2.75, 3.05) is 5.73 Å². The minimum atomic E-state index is 0.527. The van der Waals surface area contributed by atoms with E-state index < -0.39 is 0 Å². The van der Waals surface area contributed by atoms with Crippen molar-refractivity contribution < 1.29 is 4.74 Å². The molecule has 0 bridgehead atoms. The summed E-state index contributed by atoms with van der Waals surface area (Å²) in [5, 5.41) is 1.01. The lowest BCUT2D eigenvalue weighted by Crippen LogP contribution is -1.90. The van der Waals surface area contributed by atoms with E-state index in [9.17, 15) is 0 Å². The molecular formula is C15H12N2O. The summed E-state index contributed by atoms with van der Waals surface area (Å²) in [6.45, 7) is 0. The number of hydrogen-bond donors (Lipinski definition) is 1. The Morgan fingerprint density at radius 1 is 0.833 bits per heavy atom. The summed E-state index contributed by atoms with van der Waals surface area (Å²) in [6.07, 6.45) is 0. The lowest BCUT2D eigenvalue weighted by Gasteiger charge is -2.06. The molecule has 3 nitrogen and oxygen atoms in total. The minimum absolute atomic E-state index is 0.527. The maximum absolute atomic E-state index is 5.76. The highest BCUT2D eigenvalue weighted by Gasteiger charge is 2.00. The van der Waals surface area contributed by atoms with E-state index in [1.54, 1.807) is 6.07 Å². The molecule has 3 aromatic rings. The lowest BCUT2D eigenvalue weighted by molar-refractivity contribution is 0.483. The number of aromatic nitrogens is 1. The Kier molecular flexibility index (Phi) is 2.57. The van der Waals surface area contributed by atoms with Gasteiger partial charge in [-0.05, 0) is 42.5 Å². The second kappa shape index (κ2) is 4.37. The van der Waals surface area contributed by atoms with Gasteiger partial charge in [0.2, 0.25) is 0 Å². The molecule has 3 rings (SSSR count). The van der Waals surface area contributed by atoms with Crippen LogP contribution in [0, 0.1) is 0 Å². The van der Waals surface area contributed by atoms with E-state index in [0.29, 0.717) is 5.82 Å². The Hall–Kier alpha value is -2.55. The molecule has 0 spiro atoms. The molecule has 0 aliphatic carbocycles. The first kappa shape index (κ1) is 10.6. The van der Waals surface area contributed by atoms with Gasteiger partial charge in [0.15, 0.2) is 0 Å². The maximum Gasteiger partial charge on any atom is 0.128 e. The van der Waals surface area contributed by atoms with Gasteiger partial charge in [-0.1, -0.05) is 18.2 Å². The van der Waals surface area contributed by atoms with E-state index in [4.69, 9.17) is 10.5 Å². The van der Waals surface area contributed by atoms with Crippen LogP contribution in [0.1, 0.15) is 0 Å². The summed E-state index contributed by atoms with van der Waals surface area (Å²) < 4.78 is 5.76. The quantitative estimate of drug-likeness (QED) is 0.739. The molecule has 0 fully saturated rings. The van der Waals surface area contributed by atoms with Gasteiger partial charge in [-0.2, -0.15) is 0 Å². The third-order valence-corrected chi connectivity index (χ3v) is 2.66. The summed E-state index contributed by atoms with van der Waals surface area (Å²) in [6, 6.07) is 19.2. The Labute approximate surface area is 105 Å². The molecule has 0 saturated heterocycles. The summed E-state index contributed by atoms with van der Waals surface area (Å²) in [5.74, 6) is 2.14. The number of nitrogen functional groups attached to an aromatic ring is 1. The fourth-order valence-electron chi connectivity index (χ4n) is 1.81. The van der Waals surface area contributed by atoms with Crippen LogP contribution in [0.15, 0.2) is 60.7 Å². The molecule has 2 N–H and O–H groups in total. The number of rotatable bonds is 2. The molecule has 0 aliphatic heterocycles. The van der Waals surface area contributed by atoms with Gasteiger partial charge in [0.05, 0.1) is 5.52 Å². The highest BCUT2D eigenvalue weighted by molar-refractivity contribution is 5.81. The molecule has 1 heterocycles. The van der Waals surface area contributed by atoms with E-state index in [2.05, 4.69) is 4.98 Å². The third-order valence-electron chi connectivity index (χ3n) is 2.66. The fraction of sp³-hybridized carbons (Fsp3) is 0. The van der Waals surface area contributed by atoms with Crippen LogP contribution in [-0.2, 0) is 0 Å². The van der Waals surface area contributed by atoms with Crippen LogP contribution in [0.5, 0.6) is 11.5 Å². The number of ether oxygens (including phenoxy) is 1. The average molecular weight is 236 g/mol. The molecule has 2 aromatic carbocycles. The molecular weight excluding hydrogens is 224 g/mol. The fourth-order valence-corrected chi connectivity index (χ4v) is 1.81. The average Bonchev–Trinajstić information content (AvgIpc) is 2.40. The Morgan fingerprint density at radius 2 is 1.67 bits per heavy atom. The maximum atomic E-state index is 5.76. The van der Waals surface area contributed by atoms with Crippen molar-refractivity contribution in [3.63, 3.8) is 0 Å². The highest BCUT2D eigenvalue weighted by atomic mass is 16.5. The molecule has 0 atom stereocenters. The number of nitrogens with zero attached hydrogens (tertiary/aromatic N) is 1.